The van der Waals surface area contributed by atoms with E-state index < -0.39 is 5.91 Å². The first-order valence-electron chi connectivity index (χ1n) is 9.63. The van der Waals surface area contributed by atoms with Gasteiger partial charge in [0.2, 0.25) is 0 Å². The Balaban J connectivity index is 2.67. The lowest BCUT2D eigenvalue weighted by Crippen LogP contribution is -2.36. The van der Waals surface area contributed by atoms with E-state index in [1.807, 2.05) is 45.0 Å². The number of benzene rings is 1. The van der Waals surface area contributed by atoms with Crippen molar-refractivity contribution >= 4 is 28.9 Å². The third kappa shape index (κ3) is 5.66. The zero-order valence-corrected chi connectivity index (χ0v) is 18.2. The van der Waals surface area contributed by atoms with E-state index in [1.54, 1.807) is 7.11 Å². The number of nitrogens with zero attached hydrogens (tertiary/aromatic N) is 2. The molecule has 0 aliphatic heterocycles. The van der Waals surface area contributed by atoms with Gasteiger partial charge in [0.1, 0.15) is 10.7 Å². The molecule has 1 amide bonds. The molecule has 2 rings (SSSR count). The number of aromatic nitrogens is 1. The van der Waals surface area contributed by atoms with Crippen molar-refractivity contribution in [3.05, 3.63) is 54.4 Å². The summed E-state index contributed by atoms with van der Waals surface area (Å²) in [5.41, 5.74) is 2.87. The highest BCUT2D eigenvalue weighted by Gasteiger charge is 2.15. The molecule has 0 spiro atoms. The van der Waals surface area contributed by atoms with Crippen molar-refractivity contribution in [2.75, 3.05) is 20.3 Å². The number of nitrogens with one attached hydrogen (secondary N) is 1. The van der Waals surface area contributed by atoms with Crippen molar-refractivity contribution in [3.63, 3.8) is 0 Å². The van der Waals surface area contributed by atoms with Crippen LogP contribution in [0.3, 0.4) is 0 Å². The Bertz CT molecular complexity index is 1090. The van der Waals surface area contributed by atoms with E-state index in [0.29, 0.717) is 22.3 Å². The van der Waals surface area contributed by atoms with Crippen LogP contribution in [0.2, 0.25) is 0 Å². The quantitative estimate of drug-likeness (QED) is 0.666. The number of nitriles is 1. The first kappa shape index (κ1) is 22.6. The number of hydrogen-bond donors (Lipinski definition) is 1. The lowest BCUT2D eigenvalue weighted by atomic mass is 10.1. The molecular weight excluding hydrogens is 386 g/mol. The first-order valence-corrected chi connectivity index (χ1v) is 10.4. The van der Waals surface area contributed by atoms with Gasteiger partial charge in [-0.1, -0.05) is 37.1 Å². The number of carbonyl (C=O) groups excluding carboxylic acids is 1. The summed E-state index contributed by atoms with van der Waals surface area (Å²) in [6.07, 6.45) is 3.59. The van der Waals surface area contributed by atoms with Crippen LogP contribution in [0.4, 0.5) is 0 Å². The SMILES string of the molecule is CCCCNC(=O)/C(C#N)=c1\s/c(=C\c2ccc(C)cc2C)c(=O)n1CCOC. The van der Waals surface area contributed by atoms with E-state index in [9.17, 15) is 14.9 Å². The molecule has 0 fully saturated rings. The van der Waals surface area contributed by atoms with Crippen LogP contribution in [0.1, 0.15) is 36.5 Å². The van der Waals surface area contributed by atoms with Gasteiger partial charge in [0.05, 0.1) is 17.7 Å². The molecule has 0 saturated heterocycles. The molecule has 29 heavy (non-hydrogen) atoms. The highest BCUT2D eigenvalue weighted by Crippen LogP contribution is 2.10. The first-order chi connectivity index (χ1) is 13.9. The van der Waals surface area contributed by atoms with Gasteiger partial charge >= 0.3 is 0 Å². The molecule has 2 aromatic rings. The number of ether oxygens (including phenoxy) is 1. The fourth-order valence-corrected chi connectivity index (χ4v) is 4.00. The molecule has 0 saturated carbocycles. The second-order valence-corrected chi connectivity index (χ2v) is 7.85. The van der Waals surface area contributed by atoms with Crippen LogP contribution < -0.4 is 20.1 Å². The molecule has 0 atom stereocenters. The summed E-state index contributed by atoms with van der Waals surface area (Å²) in [6, 6.07) is 8.00. The second kappa shape index (κ2) is 10.7. The van der Waals surface area contributed by atoms with Gasteiger partial charge in [-0.2, -0.15) is 5.26 Å². The summed E-state index contributed by atoms with van der Waals surface area (Å²) in [5, 5.41) is 12.4. The lowest BCUT2D eigenvalue weighted by molar-refractivity contribution is -0.115. The zero-order valence-electron chi connectivity index (χ0n) is 17.4. The number of unbranched alkanes of at least 4 members (excludes halogenated alkanes) is 1. The summed E-state index contributed by atoms with van der Waals surface area (Å²) < 4.78 is 7.41. The average Bonchev–Trinajstić information content (AvgIpc) is 2.98. The van der Waals surface area contributed by atoms with Gasteiger partial charge in [-0.15, -0.1) is 11.3 Å². The normalized spacial score (nSPS) is 12.6. The zero-order chi connectivity index (χ0) is 21.4. The predicted molar refractivity (Wildman–Crippen MR) is 116 cm³/mol. The van der Waals surface area contributed by atoms with E-state index >= 15 is 0 Å². The molecule has 1 heterocycles. The molecule has 7 heteroatoms. The van der Waals surface area contributed by atoms with Crippen LogP contribution >= 0.6 is 11.3 Å². The molecule has 1 aromatic heterocycles. The van der Waals surface area contributed by atoms with Crippen molar-refractivity contribution in [2.45, 2.75) is 40.2 Å². The van der Waals surface area contributed by atoms with E-state index in [0.717, 1.165) is 40.9 Å². The lowest BCUT2D eigenvalue weighted by Gasteiger charge is -2.04. The Kier molecular flexibility index (Phi) is 8.37. The van der Waals surface area contributed by atoms with Gasteiger partial charge in [-0.25, -0.2) is 0 Å². The second-order valence-electron chi connectivity index (χ2n) is 6.82. The Morgan fingerprint density at radius 1 is 1.38 bits per heavy atom. The number of hydrogen-bond acceptors (Lipinski definition) is 5. The number of rotatable bonds is 8. The monoisotopic (exact) mass is 413 g/mol. The van der Waals surface area contributed by atoms with Gasteiger partial charge in [0.15, 0.2) is 5.57 Å². The maximum absolute atomic E-state index is 13.0. The molecule has 0 aliphatic rings. The molecule has 154 valence electrons. The van der Waals surface area contributed by atoms with E-state index in [1.165, 1.54) is 4.57 Å². The average molecular weight is 414 g/mol. The third-order valence-electron chi connectivity index (χ3n) is 4.51. The minimum atomic E-state index is -0.452. The molecule has 0 unspecified atom stereocenters. The van der Waals surface area contributed by atoms with Crippen molar-refractivity contribution in [1.29, 1.82) is 5.26 Å². The number of thiazole rings is 1. The summed E-state index contributed by atoms with van der Waals surface area (Å²) in [6.45, 7) is 7.11. The van der Waals surface area contributed by atoms with Crippen LogP contribution in [-0.2, 0) is 16.1 Å². The maximum Gasteiger partial charge on any atom is 0.269 e. The maximum atomic E-state index is 13.0. The summed E-state index contributed by atoms with van der Waals surface area (Å²) in [4.78, 5) is 25.5. The number of aryl methyl sites for hydroxylation is 2. The van der Waals surface area contributed by atoms with Crippen LogP contribution in [0.15, 0.2) is 23.0 Å². The summed E-state index contributed by atoms with van der Waals surface area (Å²) >= 11 is 1.16. The molecule has 0 aliphatic carbocycles. The van der Waals surface area contributed by atoms with E-state index in [-0.39, 0.29) is 17.7 Å². The molecule has 6 nitrogen and oxygen atoms in total. The van der Waals surface area contributed by atoms with Gasteiger partial charge in [0.25, 0.3) is 11.5 Å². The Morgan fingerprint density at radius 3 is 2.76 bits per heavy atom. The number of amides is 1. The van der Waals surface area contributed by atoms with Gasteiger partial charge < -0.3 is 10.1 Å². The van der Waals surface area contributed by atoms with E-state index in [2.05, 4.69) is 11.4 Å². The standard InChI is InChI=1S/C22H27N3O3S/c1-5-6-9-24-20(26)18(14-23)22-25(10-11-28-4)21(27)19(29-22)13-17-8-7-15(2)12-16(17)3/h7-8,12-13H,5-6,9-11H2,1-4H3,(H,24,26)/b19-13-,22-18-. The van der Waals surface area contributed by atoms with Crippen LogP contribution in [0.25, 0.3) is 11.6 Å². The Labute approximate surface area is 174 Å². The van der Waals surface area contributed by atoms with E-state index in [4.69, 9.17) is 4.74 Å². The molecule has 1 aromatic carbocycles. The number of carbonyl (C=O) groups is 1. The summed E-state index contributed by atoms with van der Waals surface area (Å²) in [7, 11) is 1.55. The Morgan fingerprint density at radius 2 is 2.14 bits per heavy atom. The molecule has 0 bridgehead atoms. The highest BCUT2D eigenvalue weighted by atomic mass is 32.1. The van der Waals surface area contributed by atoms with Crippen molar-refractivity contribution in [2.24, 2.45) is 0 Å². The van der Waals surface area contributed by atoms with Crippen molar-refractivity contribution in [3.8, 4) is 6.07 Å². The minimum Gasteiger partial charge on any atom is -0.383 e. The van der Waals surface area contributed by atoms with Gasteiger partial charge in [-0.05, 0) is 37.5 Å². The molecule has 0 radical (unpaired) electrons. The smallest absolute Gasteiger partial charge is 0.269 e. The van der Waals surface area contributed by atoms with Gasteiger partial charge in [0, 0.05) is 13.7 Å². The largest absolute Gasteiger partial charge is 0.383 e. The molecular formula is C22H27N3O3S. The van der Waals surface area contributed by atoms with Crippen molar-refractivity contribution < 1.29 is 9.53 Å². The van der Waals surface area contributed by atoms with Crippen LogP contribution in [0, 0.1) is 25.2 Å². The number of methoxy groups -OCH3 is 1. The summed E-state index contributed by atoms with van der Waals surface area (Å²) in [5.74, 6) is -0.452. The third-order valence-corrected chi connectivity index (χ3v) is 5.64. The fraction of sp³-hybridized carbons (Fsp3) is 0.409. The molecule has 1 N–H and O–H groups in total. The van der Waals surface area contributed by atoms with Crippen LogP contribution in [0.5, 0.6) is 0 Å². The highest BCUT2D eigenvalue weighted by molar-refractivity contribution is 7.07. The predicted octanol–water partition coefficient (Wildman–Crippen LogP) is 1.59. The topological polar surface area (TPSA) is 84.1 Å². The van der Waals surface area contributed by atoms with Crippen molar-refractivity contribution in [1.82, 2.24) is 9.88 Å². The Hall–Kier alpha value is -2.69. The fourth-order valence-electron chi connectivity index (χ4n) is 2.88. The van der Waals surface area contributed by atoms with Gasteiger partial charge in [-0.3, -0.25) is 14.2 Å². The van der Waals surface area contributed by atoms with Crippen LogP contribution in [-0.4, -0.2) is 30.7 Å². The minimum absolute atomic E-state index is 0.0421.